The van der Waals surface area contributed by atoms with Gasteiger partial charge in [0.1, 0.15) is 5.75 Å². The maximum absolute atomic E-state index is 11.5. The van der Waals surface area contributed by atoms with Crippen molar-refractivity contribution in [2.75, 3.05) is 25.7 Å². The average Bonchev–Trinajstić information content (AvgIpc) is 2.52. The fourth-order valence-electron chi connectivity index (χ4n) is 2.88. The number of rotatable bonds is 6. The van der Waals surface area contributed by atoms with E-state index in [1.165, 1.54) is 13.5 Å². The van der Waals surface area contributed by atoms with Crippen molar-refractivity contribution in [1.82, 2.24) is 4.67 Å². The van der Waals surface area contributed by atoms with Gasteiger partial charge in [-0.15, -0.1) is 0 Å². The van der Waals surface area contributed by atoms with E-state index in [0.29, 0.717) is 6.04 Å². The van der Waals surface area contributed by atoms with Crippen molar-refractivity contribution in [3.63, 3.8) is 0 Å². The van der Waals surface area contributed by atoms with Crippen LogP contribution in [0.3, 0.4) is 0 Å². The zero-order valence-corrected chi connectivity index (χ0v) is 14.1. The second-order valence-corrected chi connectivity index (χ2v) is 7.48. The molecule has 0 radical (unpaired) electrons. The van der Waals surface area contributed by atoms with Gasteiger partial charge in [-0.25, -0.2) is 4.57 Å². The van der Waals surface area contributed by atoms with Crippen molar-refractivity contribution in [1.29, 1.82) is 0 Å². The van der Waals surface area contributed by atoms with Crippen molar-refractivity contribution >= 4 is 13.4 Å². The molecule has 0 spiro atoms. The highest BCUT2D eigenvalue weighted by molar-refractivity contribution is 7.49. The molecule has 7 heteroatoms. The van der Waals surface area contributed by atoms with Gasteiger partial charge in [0.25, 0.3) is 0 Å². The minimum absolute atomic E-state index is 0.210. The number of hydrogen-bond acceptors (Lipinski definition) is 3. The van der Waals surface area contributed by atoms with Crippen LogP contribution >= 0.6 is 7.75 Å². The van der Waals surface area contributed by atoms with E-state index in [1.807, 2.05) is 24.3 Å². The van der Waals surface area contributed by atoms with E-state index in [0.717, 1.165) is 41.8 Å². The molecule has 124 valence electrons. The highest BCUT2D eigenvalue weighted by Crippen LogP contribution is 2.39. The Labute approximate surface area is 131 Å². The molecule has 22 heavy (non-hydrogen) atoms. The van der Waals surface area contributed by atoms with E-state index < -0.39 is 7.75 Å². The van der Waals surface area contributed by atoms with Crippen LogP contribution < -0.4 is 9.64 Å². The van der Waals surface area contributed by atoms with E-state index in [1.54, 1.807) is 7.11 Å². The van der Waals surface area contributed by atoms with E-state index in [2.05, 4.69) is 4.90 Å². The Morgan fingerprint density at radius 3 is 2.27 bits per heavy atom. The summed E-state index contributed by atoms with van der Waals surface area (Å²) in [5, 5.41) is 0. The molecule has 0 unspecified atom stereocenters. The highest BCUT2D eigenvalue weighted by atomic mass is 31.2. The smallest absolute Gasteiger partial charge is 0.404 e. The highest BCUT2D eigenvalue weighted by Gasteiger charge is 2.28. The van der Waals surface area contributed by atoms with Crippen molar-refractivity contribution in [2.45, 2.75) is 38.1 Å². The van der Waals surface area contributed by atoms with Crippen LogP contribution in [0.4, 0.5) is 5.69 Å². The van der Waals surface area contributed by atoms with Gasteiger partial charge in [0.05, 0.1) is 13.8 Å². The molecule has 1 aliphatic carbocycles. The Bertz CT molecular complexity index is 511. The normalized spacial score (nSPS) is 16.8. The van der Waals surface area contributed by atoms with Gasteiger partial charge < -0.3 is 19.4 Å². The molecule has 2 rings (SSSR count). The van der Waals surface area contributed by atoms with Gasteiger partial charge in [-0.2, -0.15) is 4.67 Å². The summed E-state index contributed by atoms with van der Waals surface area (Å²) in [5.41, 5.74) is 0.966. The summed E-state index contributed by atoms with van der Waals surface area (Å²) in [7, 11) is -1.15. The first kappa shape index (κ1) is 17.3. The lowest BCUT2D eigenvalue weighted by Crippen LogP contribution is -2.42. The van der Waals surface area contributed by atoms with Crippen LogP contribution in [0.5, 0.6) is 5.75 Å². The summed E-state index contributed by atoms with van der Waals surface area (Å²) >= 11 is 0. The molecule has 1 aliphatic rings. The van der Waals surface area contributed by atoms with E-state index in [9.17, 15) is 14.4 Å². The fourth-order valence-corrected chi connectivity index (χ4v) is 3.18. The Hall–Kier alpha value is -1.07. The Balaban J connectivity index is 2.21. The number of nitrogens with zero attached hydrogens (tertiary/aromatic N) is 2. The van der Waals surface area contributed by atoms with Crippen LogP contribution in [-0.4, -0.2) is 41.3 Å². The molecule has 0 saturated heterocycles. The van der Waals surface area contributed by atoms with Crippen LogP contribution in [0.1, 0.15) is 32.1 Å². The summed E-state index contributed by atoms with van der Waals surface area (Å²) in [4.78, 5) is 20.8. The summed E-state index contributed by atoms with van der Waals surface area (Å²) in [6.45, 7) is 0.210. The van der Waals surface area contributed by atoms with Crippen molar-refractivity contribution in [2.24, 2.45) is 0 Å². The minimum Gasteiger partial charge on any atom is -0.497 e. The van der Waals surface area contributed by atoms with Crippen LogP contribution in [0.2, 0.25) is 0 Å². The molecule has 0 amide bonds. The third-order valence-corrected chi connectivity index (χ3v) is 5.24. The lowest BCUT2D eigenvalue weighted by atomic mass is 9.94. The summed E-state index contributed by atoms with van der Waals surface area (Å²) in [6, 6.07) is 7.96. The molecule has 0 aromatic heterocycles. The van der Waals surface area contributed by atoms with Gasteiger partial charge >= 0.3 is 7.75 Å². The first-order chi connectivity index (χ1) is 10.4. The Morgan fingerprint density at radius 1 is 1.18 bits per heavy atom. The van der Waals surface area contributed by atoms with Crippen molar-refractivity contribution < 1.29 is 19.1 Å². The summed E-state index contributed by atoms with van der Waals surface area (Å²) in [6.07, 6.45) is 5.68. The maximum Gasteiger partial charge on any atom is 0.404 e. The predicted octanol–water partition coefficient (Wildman–Crippen LogP) is 2.82. The zero-order chi connectivity index (χ0) is 16.2. The molecule has 1 fully saturated rings. The minimum atomic E-state index is -4.23. The quantitative estimate of drug-likeness (QED) is 0.618. The summed E-state index contributed by atoms with van der Waals surface area (Å²) < 4.78 is 17.7. The van der Waals surface area contributed by atoms with Gasteiger partial charge in [-0.05, 0) is 44.2 Å². The largest absolute Gasteiger partial charge is 0.497 e. The maximum atomic E-state index is 11.5. The van der Waals surface area contributed by atoms with Gasteiger partial charge in [-0.1, -0.05) is 19.3 Å². The van der Waals surface area contributed by atoms with E-state index in [4.69, 9.17) is 4.74 Å². The van der Waals surface area contributed by atoms with Crippen molar-refractivity contribution in [3.05, 3.63) is 24.3 Å². The number of benzene rings is 1. The average molecular weight is 328 g/mol. The molecule has 1 saturated carbocycles. The first-order valence-corrected chi connectivity index (χ1v) is 9.16. The molecule has 0 bridgehead atoms. The third kappa shape index (κ3) is 4.46. The lowest BCUT2D eigenvalue weighted by Gasteiger charge is -2.38. The molecular formula is C15H25N2O4P. The number of methoxy groups -OCH3 is 1. The van der Waals surface area contributed by atoms with Crippen LogP contribution in [0.25, 0.3) is 0 Å². The van der Waals surface area contributed by atoms with Gasteiger partial charge in [-0.3, -0.25) is 0 Å². The predicted molar refractivity (Wildman–Crippen MR) is 87.0 cm³/mol. The second kappa shape index (κ2) is 7.47. The molecule has 0 heterocycles. The molecule has 0 aliphatic heterocycles. The first-order valence-electron chi connectivity index (χ1n) is 7.59. The van der Waals surface area contributed by atoms with Gasteiger partial charge in [0.2, 0.25) is 0 Å². The molecule has 1 aromatic carbocycles. The molecule has 2 N–H and O–H groups in total. The Morgan fingerprint density at radius 2 is 1.77 bits per heavy atom. The molecule has 6 nitrogen and oxygen atoms in total. The molecular weight excluding hydrogens is 303 g/mol. The monoisotopic (exact) mass is 328 g/mol. The SMILES string of the molecule is COc1ccc(N(CN(C)P(=O)(O)O)C2CCCCC2)cc1. The fraction of sp³-hybridized carbons (Fsp3) is 0.600. The molecule has 0 atom stereocenters. The van der Waals surface area contributed by atoms with Crippen LogP contribution in [0.15, 0.2) is 24.3 Å². The second-order valence-electron chi connectivity index (χ2n) is 5.77. The number of ether oxygens (including phenoxy) is 1. The van der Waals surface area contributed by atoms with Crippen LogP contribution in [-0.2, 0) is 4.57 Å². The van der Waals surface area contributed by atoms with Gasteiger partial charge in [0, 0.05) is 11.7 Å². The third-order valence-electron chi connectivity index (χ3n) is 4.22. The summed E-state index contributed by atoms with van der Waals surface area (Å²) in [5.74, 6) is 0.774. The van der Waals surface area contributed by atoms with Crippen molar-refractivity contribution in [3.8, 4) is 5.75 Å². The lowest BCUT2D eigenvalue weighted by molar-refractivity contribution is 0.281. The molecule has 1 aromatic rings. The number of hydrogen-bond donors (Lipinski definition) is 2. The standard InChI is InChI=1S/C15H25N2O4P/c1-16(22(18,19)20)12-17(13-6-4-3-5-7-13)14-8-10-15(21-2)11-9-14/h8-11,13H,3-7,12H2,1-2H3,(H2,18,19,20). The zero-order valence-electron chi connectivity index (χ0n) is 13.2. The topological polar surface area (TPSA) is 73.2 Å². The van der Waals surface area contributed by atoms with Gasteiger partial charge in [0.15, 0.2) is 0 Å². The van der Waals surface area contributed by atoms with E-state index >= 15 is 0 Å². The number of anilines is 1. The Kier molecular flexibility index (Phi) is 5.87. The van der Waals surface area contributed by atoms with Crippen LogP contribution in [0, 0.1) is 0 Å². The van der Waals surface area contributed by atoms with E-state index in [-0.39, 0.29) is 6.67 Å².